The zero-order chi connectivity index (χ0) is 38.6. The van der Waals surface area contributed by atoms with Crippen LogP contribution in [0.3, 0.4) is 0 Å². The van der Waals surface area contributed by atoms with E-state index in [9.17, 15) is 0 Å². The van der Waals surface area contributed by atoms with E-state index in [0.717, 1.165) is 16.7 Å². The smallest absolute Gasteiger partial charge is 0.0817 e. The molecule has 0 heterocycles. The maximum absolute atomic E-state index is 6.94. The van der Waals surface area contributed by atoms with E-state index < -0.39 is 0 Å². The topological polar surface area (TPSA) is 38.0 Å². The second-order valence-corrected chi connectivity index (χ2v) is 15.4. The first kappa shape index (κ1) is 34.2. The Hall–Kier alpha value is -7.10. The van der Waals surface area contributed by atoms with Crippen LogP contribution in [0, 0.1) is 0 Å². The molecule has 0 radical (unpaired) electrons. The molecule has 0 saturated heterocycles. The van der Waals surface area contributed by atoms with Crippen LogP contribution >= 0.6 is 0 Å². The molecule has 0 bridgehead atoms. The summed E-state index contributed by atoms with van der Waals surface area (Å²) in [5.74, 6) is 0. The Morgan fingerprint density at radius 3 is 1.62 bits per heavy atom. The minimum atomic E-state index is -0.366. The highest BCUT2D eigenvalue weighted by atomic mass is 15.0. The molecule has 58 heavy (non-hydrogen) atoms. The summed E-state index contributed by atoms with van der Waals surface area (Å²) in [6.07, 6.45) is 4.20. The summed E-state index contributed by atoms with van der Waals surface area (Å²) < 4.78 is 0. The molecule has 274 valence electrons. The number of benzene rings is 11. The Labute approximate surface area is 337 Å². The number of hydrogen-bond donors (Lipinski definition) is 2. The molecule has 0 fully saturated rings. The Morgan fingerprint density at radius 1 is 0.362 bits per heavy atom. The first-order valence-electron chi connectivity index (χ1n) is 20.1. The van der Waals surface area contributed by atoms with Crippen LogP contribution in [0.25, 0.3) is 92.6 Å². The maximum atomic E-state index is 6.94. The molecule has 0 aliphatic heterocycles. The molecule has 0 amide bonds. The molecule has 3 N–H and O–H groups in total. The largest absolute Gasteiger partial charge is 0.312 e. The monoisotopic (exact) mass is 740 g/mol. The second kappa shape index (κ2) is 14.1. The van der Waals surface area contributed by atoms with Gasteiger partial charge in [0, 0.05) is 0 Å². The van der Waals surface area contributed by atoms with Gasteiger partial charge in [0.05, 0.1) is 12.2 Å². The lowest BCUT2D eigenvalue weighted by Crippen LogP contribution is -2.31. The minimum Gasteiger partial charge on any atom is -0.312 e. The second-order valence-electron chi connectivity index (χ2n) is 15.4. The predicted octanol–water partition coefficient (Wildman–Crippen LogP) is 14.4. The third-order valence-corrected chi connectivity index (χ3v) is 12.1. The summed E-state index contributed by atoms with van der Waals surface area (Å²) in [6, 6.07) is 72.5. The van der Waals surface area contributed by atoms with Crippen molar-refractivity contribution in [3.8, 4) is 11.1 Å². The standard InChI is InChI=1S/C56H40N2/c57-56(38-15-2-1-3-16-38)58-54(40-28-30-49-47-24-11-10-22-45(47)46-23-12-13-25-48(46)53(49)35-40)33-29-37-27-31-50(44-21-9-8-18-41(37)44)55-43-20-7-5-17-39(43)34-52-42-19-6-4-14-36(42)26-32-51(52)55/h1-35,54,56,58H,57H2/b33-29+. The van der Waals surface area contributed by atoms with Crippen LogP contribution < -0.4 is 11.1 Å². The van der Waals surface area contributed by atoms with E-state index in [2.05, 4.69) is 199 Å². The van der Waals surface area contributed by atoms with Gasteiger partial charge in [0.2, 0.25) is 0 Å². The molecule has 2 nitrogen and oxygen atoms in total. The van der Waals surface area contributed by atoms with Gasteiger partial charge in [-0.05, 0) is 115 Å². The normalized spacial score (nSPS) is 13.1. The van der Waals surface area contributed by atoms with Gasteiger partial charge >= 0.3 is 0 Å². The van der Waals surface area contributed by atoms with Gasteiger partial charge in [0.1, 0.15) is 0 Å². The zero-order valence-electron chi connectivity index (χ0n) is 31.9. The lowest BCUT2D eigenvalue weighted by Gasteiger charge is -2.23. The first-order chi connectivity index (χ1) is 28.7. The van der Waals surface area contributed by atoms with Crippen molar-refractivity contribution in [1.82, 2.24) is 5.32 Å². The molecule has 0 spiro atoms. The lowest BCUT2D eigenvalue weighted by molar-refractivity contribution is 0.509. The van der Waals surface area contributed by atoms with E-state index in [-0.39, 0.29) is 12.2 Å². The molecule has 11 aromatic rings. The fourth-order valence-corrected chi connectivity index (χ4v) is 9.33. The van der Waals surface area contributed by atoms with Crippen LogP contribution in [-0.4, -0.2) is 0 Å². The van der Waals surface area contributed by atoms with E-state index in [4.69, 9.17) is 5.73 Å². The average molecular weight is 741 g/mol. The quantitative estimate of drug-likeness (QED) is 0.0970. The van der Waals surface area contributed by atoms with Crippen LogP contribution in [0.1, 0.15) is 28.9 Å². The molecule has 0 aliphatic carbocycles. The molecule has 2 unspecified atom stereocenters. The van der Waals surface area contributed by atoms with Crippen molar-refractivity contribution >= 4 is 81.5 Å². The van der Waals surface area contributed by atoms with Crippen molar-refractivity contribution in [2.24, 2.45) is 5.73 Å². The van der Waals surface area contributed by atoms with Crippen molar-refractivity contribution in [2.45, 2.75) is 12.2 Å². The van der Waals surface area contributed by atoms with Gasteiger partial charge in [0.25, 0.3) is 0 Å². The Kier molecular flexibility index (Phi) is 8.32. The zero-order valence-corrected chi connectivity index (χ0v) is 31.9. The highest BCUT2D eigenvalue weighted by molar-refractivity contribution is 6.26. The fraction of sp³-hybridized carbons (Fsp3) is 0.0357. The highest BCUT2D eigenvalue weighted by Gasteiger charge is 2.18. The SMILES string of the molecule is NC(NC(/C=C/c1ccc(-c2c3ccccc3cc3c2ccc2ccccc23)c2ccccc12)c1ccc2c3ccccc3c3ccccc3c2c1)c1ccccc1. The van der Waals surface area contributed by atoms with Crippen molar-refractivity contribution < 1.29 is 0 Å². The highest BCUT2D eigenvalue weighted by Crippen LogP contribution is 2.43. The number of hydrogen-bond acceptors (Lipinski definition) is 2. The van der Waals surface area contributed by atoms with Gasteiger partial charge in [-0.2, -0.15) is 0 Å². The summed E-state index contributed by atoms with van der Waals surface area (Å²) in [4.78, 5) is 0. The third kappa shape index (κ3) is 5.73. The molecule has 2 heteroatoms. The molecule has 0 aliphatic rings. The summed E-state index contributed by atoms with van der Waals surface area (Å²) in [6.45, 7) is 0. The van der Waals surface area contributed by atoms with E-state index in [1.54, 1.807) is 0 Å². The van der Waals surface area contributed by atoms with E-state index in [1.807, 2.05) is 18.2 Å². The number of nitrogens with two attached hydrogens (primary N) is 1. The molecule has 0 saturated carbocycles. The average Bonchev–Trinajstić information content (AvgIpc) is 3.29. The summed E-state index contributed by atoms with van der Waals surface area (Å²) in [5, 5.41) is 21.4. The van der Waals surface area contributed by atoms with Crippen LogP contribution in [0.2, 0.25) is 0 Å². The Bertz CT molecular complexity index is 3360. The van der Waals surface area contributed by atoms with Crippen molar-refractivity contribution in [1.29, 1.82) is 0 Å². The van der Waals surface area contributed by atoms with Gasteiger partial charge in [-0.15, -0.1) is 0 Å². The van der Waals surface area contributed by atoms with E-state index in [1.165, 1.54) is 86.5 Å². The first-order valence-corrected chi connectivity index (χ1v) is 20.1. The summed E-state index contributed by atoms with van der Waals surface area (Å²) in [5.41, 5.74) is 12.8. The van der Waals surface area contributed by atoms with Gasteiger partial charge in [-0.1, -0.05) is 200 Å². The lowest BCUT2D eigenvalue weighted by atomic mass is 9.87. The van der Waals surface area contributed by atoms with Crippen molar-refractivity contribution in [2.75, 3.05) is 0 Å². The molecule has 2 atom stereocenters. The molecular weight excluding hydrogens is 701 g/mol. The molecule has 11 aromatic carbocycles. The predicted molar refractivity (Wildman–Crippen MR) is 249 cm³/mol. The van der Waals surface area contributed by atoms with Crippen LogP contribution in [0.4, 0.5) is 0 Å². The molecular formula is C56H40N2. The van der Waals surface area contributed by atoms with Gasteiger partial charge in [0.15, 0.2) is 0 Å². The van der Waals surface area contributed by atoms with E-state index in [0.29, 0.717) is 0 Å². The summed E-state index contributed by atoms with van der Waals surface area (Å²) in [7, 11) is 0. The number of fused-ring (bicyclic) bond motifs is 11. The number of rotatable bonds is 7. The van der Waals surface area contributed by atoms with Gasteiger partial charge in [-0.25, -0.2) is 0 Å². The molecule has 0 aromatic heterocycles. The van der Waals surface area contributed by atoms with Gasteiger partial charge < -0.3 is 5.73 Å². The van der Waals surface area contributed by atoms with E-state index >= 15 is 0 Å². The summed E-state index contributed by atoms with van der Waals surface area (Å²) >= 11 is 0. The van der Waals surface area contributed by atoms with Gasteiger partial charge in [-0.3, -0.25) is 5.32 Å². The Morgan fingerprint density at radius 2 is 0.897 bits per heavy atom. The Balaban J connectivity index is 1.07. The van der Waals surface area contributed by atoms with Crippen LogP contribution in [0.5, 0.6) is 0 Å². The third-order valence-electron chi connectivity index (χ3n) is 12.1. The van der Waals surface area contributed by atoms with Crippen molar-refractivity contribution in [3.05, 3.63) is 223 Å². The maximum Gasteiger partial charge on any atom is 0.0817 e. The van der Waals surface area contributed by atoms with Crippen molar-refractivity contribution in [3.63, 3.8) is 0 Å². The van der Waals surface area contributed by atoms with Crippen LogP contribution in [-0.2, 0) is 0 Å². The number of nitrogens with one attached hydrogen (secondary N) is 1. The fourth-order valence-electron chi connectivity index (χ4n) is 9.33. The molecule has 11 rings (SSSR count). The van der Waals surface area contributed by atoms with Crippen LogP contribution in [0.15, 0.2) is 206 Å². The minimum absolute atomic E-state index is 0.168.